The third-order valence-electron chi connectivity index (χ3n) is 3.10. The van der Waals surface area contributed by atoms with E-state index in [9.17, 15) is 12.8 Å². The Morgan fingerprint density at radius 3 is 2.41 bits per heavy atom. The summed E-state index contributed by atoms with van der Waals surface area (Å²) in [6.07, 6.45) is 4.42. The van der Waals surface area contributed by atoms with Crippen LogP contribution in [0, 0.1) is 5.92 Å². The summed E-state index contributed by atoms with van der Waals surface area (Å²) in [5, 5.41) is 0. The van der Waals surface area contributed by atoms with E-state index in [4.69, 9.17) is 5.73 Å². The summed E-state index contributed by atoms with van der Waals surface area (Å²) in [5.41, 5.74) is 5.59. The van der Waals surface area contributed by atoms with Crippen molar-refractivity contribution in [2.45, 2.75) is 38.1 Å². The Morgan fingerprint density at radius 1 is 1.35 bits per heavy atom. The third kappa shape index (κ3) is 5.99. The molecule has 3 N–H and O–H groups in total. The second kappa shape index (κ2) is 8.24. The zero-order chi connectivity index (χ0) is 12.0. The molecule has 0 bridgehead atoms. The Labute approximate surface area is 109 Å². The van der Waals surface area contributed by atoms with Crippen molar-refractivity contribution in [3.8, 4) is 0 Å². The normalized spacial score (nSPS) is 18.9. The Hall–Kier alpha value is 0.0900. The van der Waals surface area contributed by atoms with E-state index in [1.165, 1.54) is 0 Å². The van der Waals surface area contributed by atoms with Gasteiger partial charge in [-0.3, -0.25) is 4.39 Å². The SMILES string of the molecule is Cl.NCC(NS(=O)(=O)CCCF)C1CCCC1. The molecule has 1 rings (SSSR count). The van der Waals surface area contributed by atoms with Gasteiger partial charge in [0.1, 0.15) is 0 Å². The Bertz CT molecular complexity index is 295. The number of nitrogens with two attached hydrogens (primary N) is 1. The molecule has 7 heteroatoms. The van der Waals surface area contributed by atoms with E-state index in [1.54, 1.807) is 0 Å². The number of rotatable bonds is 7. The summed E-state index contributed by atoms with van der Waals surface area (Å²) in [6.45, 7) is -0.281. The van der Waals surface area contributed by atoms with Gasteiger partial charge in [0.25, 0.3) is 0 Å². The van der Waals surface area contributed by atoms with Crippen LogP contribution in [0.3, 0.4) is 0 Å². The van der Waals surface area contributed by atoms with Crippen LogP contribution >= 0.6 is 12.4 Å². The smallest absolute Gasteiger partial charge is 0.211 e. The lowest BCUT2D eigenvalue weighted by molar-refractivity contribution is 0.404. The summed E-state index contributed by atoms with van der Waals surface area (Å²) in [6, 6.07) is -0.174. The molecule has 104 valence electrons. The van der Waals surface area contributed by atoms with Crippen molar-refractivity contribution in [2.75, 3.05) is 19.0 Å². The predicted octanol–water partition coefficient (Wildman–Crippen LogP) is 1.20. The molecule has 1 fully saturated rings. The zero-order valence-corrected chi connectivity index (χ0v) is 11.5. The number of hydrogen-bond acceptors (Lipinski definition) is 3. The molecular formula is C10H22ClFN2O2S. The van der Waals surface area contributed by atoms with Crippen LogP contribution in [-0.2, 0) is 10.0 Å². The minimum Gasteiger partial charge on any atom is -0.329 e. The molecule has 0 aliphatic heterocycles. The van der Waals surface area contributed by atoms with Crippen molar-refractivity contribution >= 4 is 22.4 Å². The standard InChI is InChI=1S/C10H21FN2O2S.ClH/c11-6-3-7-16(14,15)13-10(8-12)9-4-1-2-5-9;/h9-10,13H,1-8,12H2;1H. The molecule has 0 amide bonds. The predicted molar refractivity (Wildman–Crippen MR) is 69.6 cm³/mol. The molecule has 0 aromatic rings. The molecule has 4 nitrogen and oxygen atoms in total. The largest absolute Gasteiger partial charge is 0.329 e. The highest BCUT2D eigenvalue weighted by Crippen LogP contribution is 2.27. The number of halogens is 2. The number of alkyl halides is 1. The Kier molecular flexibility index (Phi) is 8.28. The van der Waals surface area contributed by atoms with Crippen molar-refractivity contribution in [3.05, 3.63) is 0 Å². The molecule has 1 unspecified atom stereocenters. The molecule has 1 aliphatic carbocycles. The van der Waals surface area contributed by atoms with Gasteiger partial charge in [0, 0.05) is 12.6 Å². The van der Waals surface area contributed by atoms with Crippen LogP contribution in [0.5, 0.6) is 0 Å². The second-order valence-corrected chi connectivity index (χ2v) is 6.24. The average Bonchev–Trinajstić information content (AvgIpc) is 2.76. The van der Waals surface area contributed by atoms with Gasteiger partial charge in [0.15, 0.2) is 0 Å². The molecule has 0 heterocycles. The lowest BCUT2D eigenvalue weighted by Crippen LogP contribution is -2.45. The maximum atomic E-state index is 11.9. The van der Waals surface area contributed by atoms with Crippen LogP contribution in [0.1, 0.15) is 32.1 Å². The maximum absolute atomic E-state index is 11.9. The monoisotopic (exact) mass is 288 g/mol. The lowest BCUT2D eigenvalue weighted by atomic mass is 9.99. The summed E-state index contributed by atoms with van der Waals surface area (Å²) < 4.78 is 37.7. The third-order valence-corrected chi connectivity index (χ3v) is 4.59. The first kappa shape index (κ1) is 17.1. The van der Waals surface area contributed by atoms with Crippen molar-refractivity contribution in [1.82, 2.24) is 4.72 Å². The minimum absolute atomic E-state index is 0. The van der Waals surface area contributed by atoms with E-state index in [1.807, 2.05) is 0 Å². The van der Waals surface area contributed by atoms with Crippen molar-refractivity contribution in [2.24, 2.45) is 11.7 Å². The topological polar surface area (TPSA) is 72.2 Å². The minimum atomic E-state index is -3.36. The van der Waals surface area contributed by atoms with Gasteiger partial charge in [-0.05, 0) is 25.2 Å². The molecule has 0 radical (unpaired) electrons. The molecule has 1 saturated carbocycles. The number of hydrogen-bond donors (Lipinski definition) is 2. The van der Waals surface area contributed by atoms with Crippen molar-refractivity contribution < 1.29 is 12.8 Å². The zero-order valence-electron chi connectivity index (χ0n) is 9.90. The summed E-state index contributed by atoms with van der Waals surface area (Å²) in [7, 11) is -3.36. The van der Waals surface area contributed by atoms with E-state index < -0.39 is 16.7 Å². The van der Waals surface area contributed by atoms with Crippen LogP contribution < -0.4 is 10.5 Å². The molecule has 0 spiro atoms. The van der Waals surface area contributed by atoms with Gasteiger partial charge >= 0.3 is 0 Å². The molecule has 0 aromatic heterocycles. The van der Waals surface area contributed by atoms with E-state index in [2.05, 4.69) is 4.72 Å². The van der Waals surface area contributed by atoms with Crippen molar-refractivity contribution in [3.63, 3.8) is 0 Å². The van der Waals surface area contributed by atoms with Crippen LogP contribution in [0.25, 0.3) is 0 Å². The molecule has 1 aliphatic rings. The fourth-order valence-corrected chi connectivity index (χ4v) is 3.59. The van der Waals surface area contributed by atoms with Gasteiger partial charge in [-0.25, -0.2) is 13.1 Å². The van der Waals surface area contributed by atoms with Gasteiger partial charge in [0.05, 0.1) is 12.4 Å². The molecular weight excluding hydrogens is 267 g/mol. The molecule has 1 atom stereocenters. The lowest BCUT2D eigenvalue weighted by Gasteiger charge is -2.22. The van der Waals surface area contributed by atoms with Gasteiger partial charge in [0.2, 0.25) is 10.0 Å². The maximum Gasteiger partial charge on any atom is 0.211 e. The number of sulfonamides is 1. The van der Waals surface area contributed by atoms with Crippen LogP contribution in [0.15, 0.2) is 0 Å². The average molecular weight is 289 g/mol. The fraction of sp³-hybridized carbons (Fsp3) is 1.00. The van der Waals surface area contributed by atoms with E-state index >= 15 is 0 Å². The highest BCUT2D eigenvalue weighted by atomic mass is 35.5. The Balaban J connectivity index is 0.00000256. The fourth-order valence-electron chi connectivity index (χ4n) is 2.23. The van der Waals surface area contributed by atoms with Crippen LogP contribution in [0.2, 0.25) is 0 Å². The van der Waals surface area contributed by atoms with E-state index in [0.29, 0.717) is 12.5 Å². The van der Waals surface area contributed by atoms with Gasteiger partial charge in [-0.1, -0.05) is 12.8 Å². The van der Waals surface area contributed by atoms with Crippen molar-refractivity contribution in [1.29, 1.82) is 0 Å². The number of nitrogens with one attached hydrogen (secondary N) is 1. The van der Waals surface area contributed by atoms with Gasteiger partial charge in [-0.15, -0.1) is 12.4 Å². The summed E-state index contributed by atoms with van der Waals surface area (Å²) in [4.78, 5) is 0. The highest BCUT2D eigenvalue weighted by molar-refractivity contribution is 7.89. The van der Waals surface area contributed by atoms with E-state index in [-0.39, 0.29) is 30.6 Å². The summed E-state index contributed by atoms with van der Waals surface area (Å²) in [5.74, 6) is 0.206. The van der Waals surface area contributed by atoms with Crippen LogP contribution in [0.4, 0.5) is 4.39 Å². The quantitative estimate of drug-likeness (QED) is 0.739. The Morgan fingerprint density at radius 2 is 1.94 bits per heavy atom. The molecule has 17 heavy (non-hydrogen) atoms. The second-order valence-electron chi connectivity index (χ2n) is 4.37. The van der Waals surface area contributed by atoms with Gasteiger partial charge in [-0.2, -0.15) is 0 Å². The first-order valence-electron chi connectivity index (χ1n) is 5.85. The highest BCUT2D eigenvalue weighted by Gasteiger charge is 2.27. The van der Waals surface area contributed by atoms with Crippen LogP contribution in [-0.4, -0.2) is 33.4 Å². The van der Waals surface area contributed by atoms with Gasteiger partial charge < -0.3 is 5.73 Å². The van der Waals surface area contributed by atoms with E-state index in [0.717, 1.165) is 25.7 Å². The summed E-state index contributed by atoms with van der Waals surface area (Å²) >= 11 is 0. The first-order chi connectivity index (χ1) is 7.59. The molecule has 0 saturated heterocycles. The first-order valence-corrected chi connectivity index (χ1v) is 7.50. The molecule has 0 aromatic carbocycles.